The van der Waals surface area contributed by atoms with E-state index in [4.69, 9.17) is 0 Å². The molecule has 3 aromatic rings. The average Bonchev–Trinajstić information content (AvgIpc) is 3.00. The number of thiazole rings is 1. The normalized spacial score (nSPS) is 12.2. The second-order valence-corrected chi connectivity index (χ2v) is 7.09. The van der Waals surface area contributed by atoms with Crippen molar-refractivity contribution in [1.29, 1.82) is 0 Å². The van der Waals surface area contributed by atoms with Gasteiger partial charge in [0.05, 0.1) is 5.25 Å². The predicted octanol–water partition coefficient (Wildman–Crippen LogP) is 4.42. The SMILES string of the molecule is CC(Sc1nccs1)C(=O)Nc1ccc2ccccc2c1. The Morgan fingerprint density at radius 1 is 1.24 bits per heavy atom. The number of carbonyl (C=O) groups excluding carboxylic acids is 1. The third-order valence-corrected chi connectivity index (χ3v) is 5.09. The van der Waals surface area contributed by atoms with Crippen molar-refractivity contribution in [3.63, 3.8) is 0 Å². The minimum atomic E-state index is -0.178. The Bertz CT molecular complexity index is 756. The smallest absolute Gasteiger partial charge is 0.237 e. The van der Waals surface area contributed by atoms with Crippen molar-refractivity contribution < 1.29 is 4.79 Å². The fourth-order valence-electron chi connectivity index (χ4n) is 1.98. The minimum absolute atomic E-state index is 0.00881. The summed E-state index contributed by atoms with van der Waals surface area (Å²) in [5.41, 5.74) is 0.824. The van der Waals surface area contributed by atoms with Crippen LogP contribution in [0.1, 0.15) is 6.92 Å². The Kier molecular flexibility index (Phi) is 4.22. The molecule has 0 saturated heterocycles. The second-order valence-electron chi connectivity index (χ2n) is 4.61. The maximum Gasteiger partial charge on any atom is 0.237 e. The molecule has 106 valence electrons. The lowest BCUT2D eigenvalue weighted by atomic mass is 10.1. The van der Waals surface area contributed by atoms with Crippen molar-refractivity contribution in [3.8, 4) is 0 Å². The largest absolute Gasteiger partial charge is 0.325 e. The zero-order valence-corrected chi connectivity index (χ0v) is 13.1. The van der Waals surface area contributed by atoms with E-state index < -0.39 is 0 Å². The molecule has 0 fully saturated rings. The number of hydrogen-bond acceptors (Lipinski definition) is 4. The summed E-state index contributed by atoms with van der Waals surface area (Å²) >= 11 is 3.03. The first-order chi connectivity index (χ1) is 10.2. The number of nitrogens with one attached hydrogen (secondary N) is 1. The van der Waals surface area contributed by atoms with Crippen molar-refractivity contribution in [2.75, 3.05) is 5.32 Å². The maximum absolute atomic E-state index is 12.2. The quantitative estimate of drug-likeness (QED) is 0.725. The monoisotopic (exact) mass is 314 g/mol. The number of amides is 1. The van der Waals surface area contributed by atoms with Crippen LogP contribution in [-0.4, -0.2) is 16.1 Å². The van der Waals surface area contributed by atoms with E-state index in [1.165, 1.54) is 17.1 Å². The van der Waals surface area contributed by atoms with E-state index in [1.807, 2.05) is 48.7 Å². The van der Waals surface area contributed by atoms with E-state index in [-0.39, 0.29) is 11.2 Å². The molecule has 2 aromatic carbocycles. The van der Waals surface area contributed by atoms with Gasteiger partial charge in [-0.25, -0.2) is 4.98 Å². The molecule has 0 spiro atoms. The molecule has 5 heteroatoms. The third kappa shape index (κ3) is 3.43. The van der Waals surface area contributed by atoms with Crippen molar-refractivity contribution >= 4 is 45.5 Å². The first-order valence-corrected chi connectivity index (χ1v) is 8.34. The van der Waals surface area contributed by atoms with Crippen molar-refractivity contribution in [3.05, 3.63) is 54.0 Å². The van der Waals surface area contributed by atoms with Gasteiger partial charge in [0, 0.05) is 17.3 Å². The van der Waals surface area contributed by atoms with Crippen molar-refractivity contribution in [1.82, 2.24) is 4.98 Å². The number of rotatable bonds is 4. The lowest BCUT2D eigenvalue weighted by molar-refractivity contribution is -0.115. The lowest BCUT2D eigenvalue weighted by Crippen LogP contribution is -2.22. The van der Waals surface area contributed by atoms with Gasteiger partial charge in [0.15, 0.2) is 4.34 Å². The molecule has 1 N–H and O–H groups in total. The van der Waals surface area contributed by atoms with Gasteiger partial charge in [-0.1, -0.05) is 42.1 Å². The average molecular weight is 314 g/mol. The van der Waals surface area contributed by atoms with E-state index in [2.05, 4.69) is 16.4 Å². The Morgan fingerprint density at radius 3 is 2.81 bits per heavy atom. The van der Waals surface area contributed by atoms with Gasteiger partial charge in [-0.05, 0) is 29.8 Å². The van der Waals surface area contributed by atoms with E-state index in [9.17, 15) is 4.79 Å². The summed E-state index contributed by atoms with van der Waals surface area (Å²) in [5, 5.41) is 6.99. The number of aromatic nitrogens is 1. The van der Waals surface area contributed by atoms with Crippen LogP contribution in [0.15, 0.2) is 58.4 Å². The van der Waals surface area contributed by atoms with Gasteiger partial charge in [-0.15, -0.1) is 11.3 Å². The molecule has 0 aliphatic heterocycles. The van der Waals surface area contributed by atoms with Crippen molar-refractivity contribution in [2.45, 2.75) is 16.5 Å². The fraction of sp³-hybridized carbons (Fsp3) is 0.125. The number of nitrogens with zero attached hydrogens (tertiary/aromatic N) is 1. The Balaban J connectivity index is 1.70. The molecule has 3 nitrogen and oxygen atoms in total. The number of anilines is 1. The summed E-state index contributed by atoms with van der Waals surface area (Å²) in [6.07, 6.45) is 1.75. The Labute approximate surface area is 131 Å². The highest BCUT2D eigenvalue weighted by Crippen LogP contribution is 2.26. The van der Waals surface area contributed by atoms with Crippen LogP contribution < -0.4 is 5.32 Å². The molecule has 0 aliphatic carbocycles. The molecule has 1 heterocycles. The van der Waals surface area contributed by atoms with Crippen LogP contribution in [0.25, 0.3) is 10.8 Å². The second kappa shape index (κ2) is 6.28. The molecule has 0 bridgehead atoms. The van der Waals surface area contributed by atoms with Crippen LogP contribution in [0.4, 0.5) is 5.69 Å². The predicted molar refractivity (Wildman–Crippen MR) is 90.0 cm³/mol. The number of benzene rings is 2. The van der Waals surface area contributed by atoms with E-state index >= 15 is 0 Å². The molecular formula is C16H14N2OS2. The molecule has 1 amide bonds. The number of hydrogen-bond donors (Lipinski definition) is 1. The van der Waals surface area contributed by atoms with Gasteiger partial charge >= 0.3 is 0 Å². The summed E-state index contributed by atoms with van der Waals surface area (Å²) in [7, 11) is 0. The van der Waals surface area contributed by atoms with E-state index in [0.717, 1.165) is 15.4 Å². The highest BCUT2D eigenvalue weighted by Gasteiger charge is 2.15. The highest BCUT2D eigenvalue weighted by molar-refractivity contribution is 8.02. The topological polar surface area (TPSA) is 42.0 Å². The van der Waals surface area contributed by atoms with Crippen LogP contribution in [0, 0.1) is 0 Å². The molecule has 0 aliphatic rings. The highest BCUT2D eigenvalue weighted by atomic mass is 32.2. The molecule has 0 radical (unpaired) electrons. The van der Waals surface area contributed by atoms with Crippen LogP contribution in [-0.2, 0) is 4.79 Å². The Hall–Kier alpha value is -1.85. The van der Waals surface area contributed by atoms with Crippen LogP contribution in [0.5, 0.6) is 0 Å². The molecule has 3 rings (SSSR count). The molecule has 1 atom stereocenters. The molecule has 0 saturated carbocycles. The summed E-state index contributed by atoms with van der Waals surface area (Å²) in [6.45, 7) is 1.89. The van der Waals surface area contributed by atoms with Gasteiger partial charge in [-0.3, -0.25) is 4.79 Å². The van der Waals surface area contributed by atoms with E-state index in [0.29, 0.717) is 0 Å². The van der Waals surface area contributed by atoms with Gasteiger partial charge < -0.3 is 5.32 Å². The van der Waals surface area contributed by atoms with Crippen LogP contribution in [0.2, 0.25) is 0 Å². The molecular weight excluding hydrogens is 300 g/mol. The molecule has 1 unspecified atom stereocenters. The fourth-order valence-corrected chi connectivity index (χ4v) is 3.76. The summed E-state index contributed by atoms with van der Waals surface area (Å²) in [4.78, 5) is 16.4. The lowest BCUT2D eigenvalue weighted by Gasteiger charge is -2.11. The van der Waals surface area contributed by atoms with Gasteiger partial charge in [0.2, 0.25) is 5.91 Å². The van der Waals surface area contributed by atoms with Gasteiger partial charge in [-0.2, -0.15) is 0 Å². The molecule has 1 aromatic heterocycles. The third-order valence-electron chi connectivity index (χ3n) is 3.07. The first kappa shape index (κ1) is 14.1. The molecule has 21 heavy (non-hydrogen) atoms. The van der Waals surface area contributed by atoms with Crippen LogP contribution >= 0.6 is 23.1 Å². The Morgan fingerprint density at radius 2 is 2.05 bits per heavy atom. The van der Waals surface area contributed by atoms with Crippen molar-refractivity contribution in [2.24, 2.45) is 0 Å². The standard InChI is InChI=1S/C16H14N2OS2/c1-11(21-16-17-8-9-20-16)15(19)18-14-7-6-12-4-2-3-5-13(12)10-14/h2-11H,1H3,(H,18,19). The summed E-state index contributed by atoms with van der Waals surface area (Å²) in [5.74, 6) is -0.00881. The number of carbonyl (C=O) groups is 1. The maximum atomic E-state index is 12.2. The zero-order chi connectivity index (χ0) is 14.7. The van der Waals surface area contributed by atoms with E-state index in [1.54, 1.807) is 17.5 Å². The van der Waals surface area contributed by atoms with Gasteiger partial charge in [0.25, 0.3) is 0 Å². The number of thioether (sulfide) groups is 1. The first-order valence-electron chi connectivity index (χ1n) is 6.58. The van der Waals surface area contributed by atoms with Gasteiger partial charge in [0.1, 0.15) is 0 Å². The van der Waals surface area contributed by atoms with Crippen LogP contribution in [0.3, 0.4) is 0 Å². The summed E-state index contributed by atoms with van der Waals surface area (Å²) < 4.78 is 0.913. The number of fused-ring (bicyclic) bond motifs is 1. The zero-order valence-electron chi connectivity index (χ0n) is 11.4. The summed E-state index contributed by atoms with van der Waals surface area (Å²) in [6, 6.07) is 14.0. The minimum Gasteiger partial charge on any atom is -0.325 e.